The number of nitrogens with one attached hydrogen (secondary N) is 1. The molecule has 1 spiro atoms. The molecule has 0 unspecified atom stereocenters. The molecular formula is C27H30N4O2. The first kappa shape index (κ1) is 21.6. The second-order valence-corrected chi connectivity index (χ2v) is 9.15. The van der Waals surface area contributed by atoms with Crippen LogP contribution < -0.4 is 10.1 Å². The molecule has 2 saturated heterocycles. The van der Waals surface area contributed by atoms with E-state index in [1.807, 2.05) is 48.7 Å². The molecule has 2 aliphatic rings. The standard InChI is InChI=1S/C27H30N4O2/c32-26-12-1-4-13-27(30-26)20-31(18-24(27)25-11-3-6-15-29-25)17-21-8-7-10-23(16-21)33-19-22-9-2-5-14-28-22/h2-3,5-11,14-16,24H,1,4,12-13,17-20H2,(H,30,32)/t24-,27+/m0/s1. The molecule has 170 valence electrons. The lowest BCUT2D eigenvalue weighted by molar-refractivity contribution is -0.122. The summed E-state index contributed by atoms with van der Waals surface area (Å²) in [4.78, 5) is 24.0. The van der Waals surface area contributed by atoms with Crippen LogP contribution in [-0.4, -0.2) is 39.4 Å². The molecule has 0 saturated carbocycles. The van der Waals surface area contributed by atoms with Crippen LogP contribution in [0, 0.1) is 0 Å². The van der Waals surface area contributed by atoms with Crippen molar-refractivity contribution in [2.45, 2.75) is 50.3 Å². The Labute approximate surface area is 195 Å². The van der Waals surface area contributed by atoms with Crippen LogP contribution in [0.1, 0.15) is 48.6 Å². The number of pyridine rings is 2. The molecule has 3 aromatic rings. The average molecular weight is 443 g/mol. The van der Waals surface area contributed by atoms with Crippen molar-refractivity contribution in [1.29, 1.82) is 0 Å². The Bertz CT molecular complexity index is 1080. The summed E-state index contributed by atoms with van der Waals surface area (Å²) in [5, 5.41) is 3.42. The molecule has 0 bridgehead atoms. The fourth-order valence-electron chi connectivity index (χ4n) is 5.23. The molecule has 1 N–H and O–H groups in total. The van der Waals surface area contributed by atoms with Gasteiger partial charge in [0.05, 0.1) is 11.2 Å². The van der Waals surface area contributed by atoms with Crippen LogP contribution in [0.4, 0.5) is 0 Å². The number of nitrogens with zero attached hydrogens (tertiary/aromatic N) is 3. The van der Waals surface area contributed by atoms with Gasteiger partial charge in [-0.1, -0.05) is 30.7 Å². The number of carbonyl (C=O) groups is 1. The lowest BCUT2D eigenvalue weighted by Crippen LogP contribution is -2.52. The lowest BCUT2D eigenvalue weighted by Gasteiger charge is -2.34. The minimum Gasteiger partial charge on any atom is -0.487 e. The van der Waals surface area contributed by atoms with Crippen molar-refractivity contribution in [3.8, 4) is 5.75 Å². The summed E-state index contributed by atoms with van der Waals surface area (Å²) in [6.45, 7) is 2.96. The third-order valence-corrected chi connectivity index (χ3v) is 6.74. The number of likely N-dealkylation sites (tertiary alicyclic amines) is 1. The van der Waals surface area contributed by atoms with Crippen molar-refractivity contribution < 1.29 is 9.53 Å². The molecule has 4 heterocycles. The molecule has 1 amide bonds. The van der Waals surface area contributed by atoms with Crippen molar-refractivity contribution >= 4 is 5.91 Å². The molecular weight excluding hydrogens is 412 g/mol. The van der Waals surface area contributed by atoms with Gasteiger partial charge in [-0.05, 0) is 54.8 Å². The van der Waals surface area contributed by atoms with Gasteiger partial charge >= 0.3 is 0 Å². The van der Waals surface area contributed by atoms with Crippen LogP contribution in [0.15, 0.2) is 73.1 Å². The zero-order valence-electron chi connectivity index (χ0n) is 18.8. The quantitative estimate of drug-likeness (QED) is 0.623. The SMILES string of the molecule is O=C1CCCC[C@]2(CN(Cc3cccc(OCc4ccccn4)c3)C[C@H]2c2ccccn2)N1. The molecule has 6 heteroatoms. The van der Waals surface area contributed by atoms with Gasteiger partial charge in [0, 0.05) is 50.1 Å². The molecule has 2 fully saturated rings. The van der Waals surface area contributed by atoms with Crippen LogP contribution in [0.5, 0.6) is 5.75 Å². The van der Waals surface area contributed by atoms with E-state index in [9.17, 15) is 4.79 Å². The van der Waals surface area contributed by atoms with Crippen molar-refractivity contribution in [2.75, 3.05) is 13.1 Å². The summed E-state index contributed by atoms with van der Waals surface area (Å²) in [5.41, 5.74) is 2.92. The highest BCUT2D eigenvalue weighted by Crippen LogP contribution is 2.40. The predicted molar refractivity (Wildman–Crippen MR) is 127 cm³/mol. The minimum absolute atomic E-state index is 0.167. The number of carbonyl (C=O) groups excluding carboxylic acids is 1. The number of amides is 1. The minimum atomic E-state index is -0.255. The van der Waals surface area contributed by atoms with Gasteiger partial charge < -0.3 is 10.1 Å². The Balaban J connectivity index is 1.32. The zero-order chi connectivity index (χ0) is 22.5. The summed E-state index contributed by atoms with van der Waals surface area (Å²) in [6.07, 6.45) is 7.26. The van der Waals surface area contributed by atoms with Gasteiger partial charge in [0.15, 0.2) is 0 Å². The van der Waals surface area contributed by atoms with Gasteiger partial charge in [-0.15, -0.1) is 0 Å². The summed E-state index contributed by atoms with van der Waals surface area (Å²) in [5.74, 6) is 1.20. The lowest BCUT2D eigenvalue weighted by atomic mass is 9.81. The average Bonchev–Trinajstić information content (AvgIpc) is 3.07. The summed E-state index contributed by atoms with van der Waals surface area (Å²) in [6, 6.07) is 20.2. The Morgan fingerprint density at radius 2 is 1.91 bits per heavy atom. The van der Waals surface area contributed by atoms with Crippen molar-refractivity contribution in [1.82, 2.24) is 20.2 Å². The van der Waals surface area contributed by atoms with E-state index in [2.05, 4.69) is 38.4 Å². The van der Waals surface area contributed by atoms with Gasteiger partial charge in [-0.2, -0.15) is 0 Å². The van der Waals surface area contributed by atoms with Crippen molar-refractivity contribution in [3.63, 3.8) is 0 Å². The van der Waals surface area contributed by atoms with E-state index in [0.717, 1.165) is 56.0 Å². The number of hydrogen-bond donors (Lipinski definition) is 1. The van der Waals surface area contributed by atoms with Gasteiger partial charge in [0.2, 0.25) is 5.91 Å². The second kappa shape index (κ2) is 9.71. The van der Waals surface area contributed by atoms with Gasteiger partial charge in [0.25, 0.3) is 0 Å². The molecule has 0 aliphatic carbocycles. The number of ether oxygens (including phenoxy) is 1. The Morgan fingerprint density at radius 1 is 1.03 bits per heavy atom. The highest BCUT2D eigenvalue weighted by Gasteiger charge is 2.49. The third kappa shape index (κ3) is 5.06. The highest BCUT2D eigenvalue weighted by molar-refractivity contribution is 5.77. The first-order chi connectivity index (χ1) is 16.2. The van der Waals surface area contributed by atoms with Crippen LogP contribution in [0.25, 0.3) is 0 Å². The van der Waals surface area contributed by atoms with Crippen molar-refractivity contribution in [3.05, 3.63) is 90.0 Å². The van der Waals surface area contributed by atoms with Crippen LogP contribution in [0.3, 0.4) is 0 Å². The van der Waals surface area contributed by atoms with Gasteiger partial charge in [-0.25, -0.2) is 0 Å². The molecule has 5 rings (SSSR count). The second-order valence-electron chi connectivity index (χ2n) is 9.15. The maximum Gasteiger partial charge on any atom is 0.220 e. The first-order valence-electron chi connectivity index (χ1n) is 11.8. The van der Waals surface area contributed by atoms with E-state index in [1.54, 1.807) is 6.20 Å². The Kier molecular flexibility index (Phi) is 6.35. The van der Waals surface area contributed by atoms with E-state index in [4.69, 9.17) is 4.74 Å². The fourth-order valence-corrected chi connectivity index (χ4v) is 5.23. The number of rotatable bonds is 6. The maximum absolute atomic E-state index is 12.5. The Morgan fingerprint density at radius 3 is 2.73 bits per heavy atom. The highest BCUT2D eigenvalue weighted by atomic mass is 16.5. The van der Waals surface area contributed by atoms with E-state index in [-0.39, 0.29) is 17.4 Å². The normalized spacial score (nSPS) is 23.3. The summed E-state index contributed by atoms with van der Waals surface area (Å²) >= 11 is 0. The van der Waals surface area contributed by atoms with E-state index in [1.165, 1.54) is 5.56 Å². The maximum atomic E-state index is 12.5. The molecule has 6 nitrogen and oxygen atoms in total. The number of hydrogen-bond acceptors (Lipinski definition) is 5. The molecule has 2 atom stereocenters. The largest absolute Gasteiger partial charge is 0.487 e. The van der Waals surface area contributed by atoms with Crippen molar-refractivity contribution in [2.24, 2.45) is 0 Å². The van der Waals surface area contributed by atoms with Crippen LogP contribution in [-0.2, 0) is 17.9 Å². The van der Waals surface area contributed by atoms with Crippen LogP contribution >= 0.6 is 0 Å². The third-order valence-electron chi connectivity index (χ3n) is 6.74. The summed E-state index contributed by atoms with van der Waals surface area (Å²) in [7, 11) is 0. The van der Waals surface area contributed by atoms with Gasteiger partial charge in [0.1, 0.15) is 12.4 Å². The number of aromatic nitrogens is 2. The molecule has 0 radical (unpaired) electrons. The van der Waals surface area contributed by atoms with E-state index in [0.29, 0.717) is 13.0 Å². The Hall–Kier alpha value is -3.25. The number of benzene rings is 1. The zero-order valence-corrected chi connectivity index (χ0v) is 18.8. The van der Waals surface area contributed by atoms with E-state index >= 15 is 0 Å². The van der Waals surface area contributed by atoms with Gasteiger partial charge in [-0.3, -0.25) is 19.7 Å². The monoisotopic (exact) mass is 442 g/mol. The summed E-state index contributed by atoms with van der Waals surface area (Å²) < 4.78 is 5.98. The molecule has 2 aromatic heterocycles. The molecule has 1 aromatic carbocycles. The topological polar surface area (TPSA) is 67.4 Å². The fraction of sp³-hybridized carbons (Fsp3) is 0.370. The smallest absolute Gasteiger partial charge is 0.220 e. The predicted octanol–water partition coefficient (Wildman–Crippen LogP) is 4.08. The molecule has 2 aliphatic heterocycles. The first-order valence-corrected chi connectivity index (χ1v) is 11.8. The van der Waals surface area contributed by atoms with Crippen LogP contribution in [0.2, 0.25) is 0 Å². The molecule has 33 heavy (non-hydrogen) atoms. The van der Waals surface area contributed by atoms with E-state index < -0.39 is 0 Å².